The summed E-state index contributed by atoms with van der Waals surface area (Å²) in [5.74, 6) is 5.91. The van der Waals surface area contributed by atoms with Crippen molar-refractivity contribution >= 4 is 20.8 Å². The molecular formula is C13H17NO4S2. The molecule has 1 atom stereocenters. The molecule has 1 unspecified atom stereocenters. The summed E-state index contributed by atoms with van der Waals surface area (Å²) in [6.07, 6.45) is 0. The highest BCUT2D eigenvalue weighted by Crippen LogP contribution is 2.10. The maximum absolute atomic E-state index is 12.0. The minimum absolute atomic E-state index is 0.101. The predicted molar refractivity (Wildman–Crippen MR) is 79.1 cm³/mol. The molecule has 0 spiro atoms. The van der Waals surface area contributed by atoms with E-state index in [1.54, 1.807) is 19.1 Å². The maximum atomic E-state index is 12.0. The van der Waals surface area contributed by atoms with Gasteiger partial charge in [-0.05, 0) is 18.2 Å². The number of aliphatic hydroxyl groups excluding tert-OH is 1. The number of nitrogens with one attached hydrogen (secondary N) is 1. The van der Waals surface area contributed by atoms with Crippen molar-refractivity contribution in [3.05, 3.63) is 29.8 Å². The van der Waals surface area contributed by atoms with Crippen LogP contribution in [-0.4, -0.2) is 42.4 Å². The van der Waals surface area contributed by atoms with Crippen molar-refractivity contribution in [3.8, 4) is 11.8 Å². The topological polar surface area (TPSA) is 83.5 Å². The lowest BCUT2D eigenvalue weighted by Gasteiger charge is -2.06. The second kappa shape index (κ2) is 8.17. The van der Waals surface area contributed by atoms with Gasteiger partial charge in [-0.1, -0.05) is 24.8 Å². The summed E-state index contributed by atoms with van der Waals surface area (Å²) >= 11 is 0. The molecule has 0 saturated carbocycles. The van der Waals surface area contributed by atoms with Gasteiger partial charge in [-0.25, -0.2) is 13.1 Å². The molecule has 1 aromatic rings. The van der Waals surface area contributed by atoms with Crippen LogP contribution in [0.4, 0.5) is 0 Å². The summed E-state index contributed by atoms with van der Waals surface area (Å²) in [6, 6.07) is 6.14. The Balaban J connectivity index is 2.79. The van der Waals surface area contributed by atoms with Crippen molar-refractivity contribution in [3.63, 3.8) is 0 Å². The molecule has 2 N–H and O–H groups in total. The minimum Gasteiger partial charge on any atom is -0.384 e. The largest absolute Gasteiger partial charge is 0.384 e. The monoisotopic (exact) mass is 315 g/mol. The van der Waals surface area contributed by atoms with E-state index >= 15 is 0 Å². The summed E-state index contributed by atoms with van der Waals surface area (Å²) in [6.45, 7) is 1.64. The Kier molecular flexibility index (Phi) is 6.88. The molecular weight excluding hydrogens is 298 g/mol. The lowest BCUT2D eigenvalue weighted by molar-refractivity contribution is 0.350. The van der Waals surface area contributed by atoms with Gasteiger partial charge < -0.3 is 5.11 Å². The fourth-order valence-corrected chi connectivity index (χ4v) is 3.23. The third-order valence-corrected chi connectivity index (χ3v) is 5.16. The van der Waals surface area contributed by atoms with E-state index in [4.69, 9.17) is 5.11 Å². The first-order chi connectivity index (χ1) is 9.49. The molecule has 1 aromatic carbocycles. The molecule has 0 saturated heterocycles. The maximum Gasteiger partial charge on any atom is 0.240 e. The van der Waals surface area contributed by atoms with E-state index in [0.29, 0.717) is 17.1 Å². The van der Waals surface area contributed by atoms with Crippen LogP contribution in [0.5, 0.6) is 0 Å². The highest BCUT2D eigenvalue weighted by atomic mass is 32.2. The molecule has 0 aromatic heterocycles. The molecule has 110 valence electrons. The van der Waals surface area contributed by atoms with E-state index in [-0.39, 0.29) is 18.0 Å². The van der Waals surface area contributed by atoms with E-state index in [1.807, 2.05) is 0 Å². The Morgan fingerprint density at radius 3 is 2.80 bits per heavy atom. The molecule has 7 heteroatoms. The molecule has 20 heavy (non-hydrogen) atoms. The van der Waals surface area contributed by atoms with E-state index in [9.17, 15) is 12.6 Å². The standard InChI is InChI=1S/C13H17NO4S2/c1-2-19(16)10-8-14-20(17,18)13-7-3-5-12(11-13)6-4-9-15/h3,5,7,11,14-15H,2,8-10H2,1H3. The number of aliphatic hydroxyl groups is 1. The first kappa shape index (κ1) is 16.9. The van der Waals surface area contributed by atoms with Crippen molar-refractivity contribution < 1.29 is 17.7 Å². The molecule has 0 bridgehead atoms. The van der Waals surface area contributed by atoms with Crippen LogP contribution in [-0.2, 0) is 20.8 Å². The van der Waals surface area contributed by atoms with Gasteiger partial charge in [-0.15, -0.1) is 0 Å². The number of hydrogen-bond acceptors (Lipinski definition) is 4. The summed E-state index contributed by atoms with van der Waals surface area (Å²) in [5, 5.41) is 8.62. The predicted octanol–water partition coefficient (Wildman–Crippen LogP) is 0.0773. The lowest BCUT2D eigenvalue weighted by atomic mass is 10.2. The molecule has 0 radical (unpaired) electrons. The van der Waals surface area contributed by atoms with E-state index < -0.39 is 20.8 Å². The zero-order chi connectivity index (χ0) is 15.0. The van der Waals surface area contributed by atoms with Gasteiger partial charge in [0.1, 0.15) is 6.61 Å². The highest BCUT2D eigenvalue weighted by molar-refractivity contribution is 7.89. The van der Waals surface area contributed by atoms with Gasteiger partial charge in [0.25, 0.3) is 0 Å². The van der Waals surface area contributed by atoms with E-state index in [2.05, 4.69) is 16.6 Å². The first-order valence-electron chi connectivity index (χ1n) is 6.04. The number of hydrogen-bond donors (Lipinski definition) is 2. The van der Waals surface area contributed by atoms with Crippen molar-refractivity contribution in [2.75, 3.05) is 24.7 Å². The molecule has 0 aliphatic heterocycles. The van der Waals surface area contributed by atoms with Crippen LogP contribution < -0.4 is 4.72 Å². The summed E-state index contributed by atoms with van der Waals surface area (Å²) in [5.41, 5.74) is 0.513. The van der Waals surface area contributed by atoms with E-state index in [1.165, 1.54) is 12.1 Å². The fraction of sp³-hybridized carbons (Fsp3) is 0.385. The third kappa shape index (κ3) is 5.43. The number of benzene rings is 1. The van der Waals surface area contributed by atoms with Crippen molar-refractivity contribution in [2.45, 2.75) is 11.8 Å². The quantitative estimate of drug-likeness (QED) is 0.728. The molecule has 0 heterocycles. The molecule has 0 aliphatic rings. The molecule has 0 aliphatic carbocycles. The average Bonchev–Trinajstić information content (AvgIpc) is 2.45. The lowest BCUT2D eigenvalue weighted by Crippen LogP contribution is -2.28. The zero-order valence-electron chi connectivity index (χ0n) is 11.1. The highest BCUT2D eigenvalue weighted by Gasteiger charge is 2.13. The Morgan fingerprint density at radius 2 is 2.15 bits per heavy atom. The van der Waals surface area contributed by atoms with Gasteiger partial charge >= 0.3 is 0 Å². The van der Waals surface area contributed by atoms with Crippen LogP contribution in [0.1, 0.15) is 12.5 Å². The summed E-state index contributed by atoms with van der Waals surface area (Å²) in [4.78, 5) is 0.101. The zero-order valence-corrected chi connectivity index (χ0v) is 12.8. The average molecular weight is 315 g/mol. The second-order valence-electron chi connectivity index (χ2n) is 3.82. The Hall–Kier alpha value is -1.20. The van der Waals surface area contributed by atoms with E-state index in [0.717, 1.165) is 0 Å². The number of sulfonamides is 1. The van der Waals surface area contributed by atoms with Gasteiger partial charge in [0, 0.05) is 34.4 Å². The van der Waals surface area contributed by atoms with Gasteiger partial charge in [-0.2, -0.15) is 0 Å². The van der Waals surface area contributed by atoms with Gasteiger partial charge in [0.05, 0.1) is 4.90 Å². The second-order valence-corrected chi connectivity index (χ2v) is 7.45. The van der Waals surface area contributed by atoms with Crippen molar-refractivity contribution in [1.82, 2.24) is 4.72 Å². The summed E-state index contributed by atoms with van der Waals surface area (Å²) < 4.78 is 37.7. The van der Waals surface area contributed by atoms with Crippen molar-refractivity contribution in [1.29, 1.82) is 0 Å². The minimum atomic E-state index is -3.63. The van der Waals surface area contributed by atoms with Crippen LogP contribution in [0, 0.1) is 11.8 Å². The van der Waals surface area contributed by atoms with Crippen LogP contribution in [0.3, 0.4) is 0 Å². The van der Waals surface area contributed by atoms with Crippen LogP contribution in [0.15, 0.2) is 29.2 Å². The normalized spacial score (nSPS) is 12.5. The Morgan fingerprint density at radius 1 is 1.40 bits per heavy atom. The Bertz CT molecular complexity index is 629. The Labute approximate surface area is 121 Å². The first-order valence-corrected chi connectivity index (χ1v) is 9.01. The molecule has 5 nitrogen and oxygen atoms in total. The van der Waals surface area contributed by atoms with Crippen molar-refractivity contribution in [2.24, 2.45) is 0 Å². The van der Waals surface area contributed by atoms with Crippen LogP contribution in [0.2, 0.25) is 0 Å². The molecule has 1 rings (SSSR count). The molecule has 0 fully saturated rings. The number of rotatable bonds is 6. The van der Waals surface area contributed by atoms with Gasteiger partial charge in [-0.3, -0.25) is 4.21 Å². The fourth-order valence-electron chi connectivity index (χ4n) is 1.40. The third-order valence-electron chi connectivity index (χ3n) is 2.40. The summed E-state index contributed by atoms with van der Waals surface area (Å²) in [7, 11) is -4.63. The van der Waals surface area contributed by atoms with Crippen LogP contribution in [0.25, 0.3) is 0 Å². The SMILES string of the molecule is CCS(=O)CCNS(=O)(=O)c1cccc(C#CCO)c1. The van der Waals surface area contributed by atoms with Crippen LogP contribution >= 0.6 is 0 Å². The van der Waals surface area contributed by atoms with Gasteiger partial charge in [0.2, 0.25) is 10.0 Å². The van der Waals surface area contributed by atoms with Gasteiger partial charge in [0.15, 0.2) is 0 Å². The smallest absolute Gasteiger partial charge is 0.240 e. The molecule has 0 amide bonds.